The molecule has 8 heteroatoms. The summed E-state index contributed by atoms with van der Waals surface area (Å²) in [5.74, 6) is -1.25. The van der Waals surface area contributed by atoms with Crippen LogP contribution in [0.4, 0.5) is 0 Å². The van der Waals surface area contributed by atoms with Crippen LogP contribution in [-0.2, 0) is 19.7 Å². The Morgan fingerprint density at radius 1 is 1.33 bits per heavy atom. The van der Waals surface area contributed by atoms with E-state index >= 15 is 0 Å². The summed E-state index contributed by atoms with van der Waals surface area (Å²) >= 11 is 0. The van der Waals surface area contributed by atoms with Crippen molar-refractivity contribution in [3.05, 3.63) is 24.8 Å². The van der Waals surface area contributed by atoms with E-state index in [1.54, 1.807) is 0 Å². The van der Waals surface area contributed by atoms with Crippen molar-refractivity contribution in [1.29, 1.82) is 0 Å². The van der Waals surface area contributed by atoms with E-state index in [1.165, 1.54) is 13.8 Å². The smallest absolute Gasteiger partial charge is 0.270 e. The number of hydrogen-bond donors (Lipinski definition) is 3. The van der Waals surface area contributed by atoms with Gasteiger partial charge in [0.05, 0.1) is 4.75 Å². The molecule has 0 saturated heterocycles. The molecular formula is C10H18N2O5S. The second-order valence-corrected chi connectivity index (χ2v) is 6.04. The minimum absolute atomic E-state index is 0.0253. The summed E-state index contributed by atoms with van der Waals surface area (Å²) in [6.45, 7) is 8.96. The Balaban J connectivity index is 0. The summed E-state index contributed by atoms with van der Waals surface area (Å²) < 4.78 is 28.9. The zero-order chi connectivity index (χ0) is 15.1. The minimum Gasteiger partial charge on any atom is -0.366 e. The quantitative estimate of drug-likeness (QED) is 0.469. The van der Waals surface area contributed by atoms with Gasteiger partial charge in [-0.15, -0.1) is 0 Å². The summed E-state index contributed by atoms with van der Waals surface area (Å²) in [4.78, 5) is 20.0. The maximum absolute atomic E-state index is 10.8. The van der Waals surface area contributed by atoms with E-state index in [2.05, 4.69) is 18.9 Å². The van der Waals surface area contributed by atoms with Crippen LogP contribution in [0.3, 0.4) is 0 Å². The summed E-state index contributed by atoms with van der Waals surface area (Å²) in [7, 11) is -4.20. The fourth-order valence-corrected chi connectivity index (χ4v) is 1.05. The van der Waals surface area contributed by atoms with Gasteiger partial charge in [0.15, 0.2) is 0 Å². The lowest BCUT2D eigenvalue weighted by atomic mass is 10.0. The summed E-state index contributed by atoms with van der Waals surface area (Å²) in [5.41, 5.74) is 9.38. The highest BCUT2D eigenvalue weighted by Gasteiger charge is 2.33. The van der Waals surface area contributed by atoms with Crippen LogP contribution < -0.4 is 11.5 Å². The Labute approximate surface area is 106 Å². The van der Waals surface area contributed by atoms with Gasteiger partial charge in [-0.25, -0.2) is 0 Å². The van der Waals surface area contributed by atoms with Gasteiger partial charge >= 0.3 is 0 Å². The highest BCUT2D eigenvalue weighted by atomic mass is 32.2. The molecule has 0 heterocycles. The molecule has 0 aromatic carbocycles. The SMILES string of the molecule is C=C(CC(C)(C)S(=O)(=O)O)C(N)=O.C=CC(N)=O. The predicted octanol–water partition coefficient (Wildman–Crippen LogP) is -0.258. The Morgan fingerprint density at radius 2 is 1.67 bits per heavy atom. The normalized spacial score (nSPS) is 10.8. The number of hydrogen-bond acceptors (Lipinski definition) is 4. The highest BCUT2D eigenvalue weighted by molar-refractivity contribution is 7.87. The molecule has 2 amide bonds. The van der Waals surface area contributed by atoms with Gasteiger partial charge in [0.1, 0.15) is 0 Å². The molecule has 0 unspecified atom stereocenters. The van der Waals surface area contributed by atoms with Gasteiger partial charge in [-0.3, -0.25) is 14.1 Å². The molecule has 0 saturated carbocycles. The number of primary amides is 2. The molecule has 5 N–H and O–H groups in total. The first-order chi connectivity index (χ1) is 7.85. The van der Waals surface area contributed by atoms with Crippen molar-refractivity contribution in [3.8, 4) is 0 Å². The largest absolute Gasteiger partial charge is 0.366 e. The van der Waals surface area contributed by atoms with Crippen molar-refractivity contribution in [2.24, 2.45) is 11.5 Å². The second-order valence-electron chi connectivity index (χ2n) is 3.99. The molecule has 0 rings (SSSR count). The third kappa shape index (κ3) is 7.58. The van der Waals surface area contributed by atoms with Crippen LogP contribution in [0.1, 0.15) is 20.3 Å². The van der Waals surface area contributed by atoms with Crippen LogP contribution in [-0.4, -0.2) is 29.5 Å². The van der Waals surface area contributed by atoms with Crippen molar-refractivity contribution >= 4 is 21.9 Å². The molecule has 18 heavy (non-hydrogen) atoms. The molecule has 0 aromatic rings. The van der Waals surface area contributed by atoms with Gasteiger partial charge in [0.25, 0.3) is 10.1 Å². The average Bonchev–Trinajstić information content (AvgIpc) is 2.15. The monoisotopic (exact) mass is 278 g/mol. The zero-order valence-corrected chi connectivity index (χ0v) is 11.2. The second kappa shape index (κ2) is 6.92. The molecule has 0 atom stereocenters. The van der Waals surface area contributed by atoms with Crippen molar-refractivity contribution in [3.63, 3.8) is 0 Å². The number of rotatable bonds is 5. The third-order valence-corrected chi connectivity index (χ3v) is 3.43. The fraction of sp³-hybridized carbons (Fsp3) is 0.400. The number of carbonyl (C=O) groups excluding carboxylic acids is 2. The molecule has 0 aromatic heterocycles. The first-order valence-electron chi connectivity index (χ1n) is 4.71. The lowest BCUT2D eigenvalue weighted by molar-refractivity contribution is -0.115. The van der Waals surface area contributed by atoms with E-state index in [0.717, 1.165) is 6.08 Å². The van der Waals surface area contributed by atoms with Gasteiger partial charge in [-0.05, 0) is 26.3 Å². The molecule has 0 fully saturated rings. The van der Waals surface area contributed by atoms with E-state index in [0.29, 0.717) is 0 Å². The third-order valence-electron chi connectivity index (χ3n) is 1.89. The van der Waals surface area contributed by atoms with Crippen molar-refractivity contribution in [1.82, 2.24) is 0 Å². The highest BCUT2D eigenvalue weighted by Crippen LogP contribution is 2.22. The predicted molar refractivity (Wildman–Crippen MR) is 68.0 cm³/mol. The van der Waals surface area contributed by atoms with Crippen molar-refractivity contribution in [2.45, 2.75) is 25.0 Å². The molecule has 0 aliphatic carbocycles. The maximum Gasteiger partial charge on any atom is 0.270 e. The fourth-order valence-electron chi connectivity index (χ4n) is 0.692. The zero-order valence-electron chi connectivity index (χ0n) is 10.3. The molecule has 7 nitrogen and oxygen atoms in total. The average molecular weight is 278 g/mol. The maximum atomic E-state index is 10.8. The van der Waals surface area contributed by atoms with Crippen LogP contribution in [0.2, 0.25) is 0 Å². The van der Waals surface area contributed by atoms with Crippen LogP contribution >= 0.6 is 0 Å². The Kier molecular flexibility index (Phi) is 7.18. The van der Waals surface area contributed by atoms with E-state index in [4.69, 9.17) is 10.3 Å². The van der Waals surface area contributed by atoms with Crippen LogP contribution in [0.25, 0.3) is 0 Å². The van der Waals surface area contributed by atoms with Crippen LogP contribution in [0, 0.1) is 0 Å². The van der Waals surface area contributed by atoms with Crippen molar-refractivity contribution in [2.75, 3.05) is 0 Å². The topological polar surface area (TPSA) is 141 Å². The van der Waals surface area contributed by atoms with Crippen molar-refractivity contribution < 1.29 is 22.6 Å². The van der Waals surface area contributed by atoms with E-state index in [1.807, 2.05) is 0 Å². The summed E-state index contributed by atoms with van der Waals surface area (Å²) in [6.07, 6.45) is 0.876. The van der Waals surface area contributed by atoms with E-state index < -0.39 is 26.7 Å². The lowest BCUT2D eigenvalue weighted by Gasteiger charge is -2.20. The Bertz CT molecular complexity index is 451. The van der Waals surface area contributed by atoms with Crippen LogP contribution in [0.5, 0.6) is 0 Å². The van der Waals surface area contributed by atoms with Crippen LogP contribution in [0.15, 0.2) is 24.8 Å². The van der Waals surface area contributed by atoms with E-state index in [-0.39, 0.29) is 12.0 Å². The summed E-state index contributed by atoms with van der Waals surface area (Å²) in [6, 6.07) is 0. The molecule has 0 bridgehead atoms. The van der Waals surface area contributed by atoms with Gasteiger partial charge < -0.3 is 11.5 Å². The van der Waals surface area contributed by atoms with Gasteiger partial charge in [0, 0.05) is 5.57 Å². The molecule has 0 spiro atoms. The lowest BCUT2D eigenvalue weighted by Crippen LogP contribution is -2.33. The van der Waals surface area contributed by atoms with Gasteiger partial charge in [0.2, 0.25) is 11.8 Å². The number of carbonyl (C=O) groups is 2. The van der Waals surface area contributed by atoms with Gasteiger partial charge in [-0.2, -0.15) is 8.42 Å². The summed E-state index contributed by atoms with van der Waals surface area (Å²) in [5, 5.41) is 0. The number of amides is 2. The molecule has 104 valence electrons. The number of nitrogens with two attached hydrogens (primary N) is 2. The first-order valence-corrected chi connectivity index (χ1v) is 6.15. The standard InChI is InChI=1S/C7H13NO4S.C3H5NO/c1-5(6(8)9)4-7(2,3)13(10,11)12;1-2-3(4)5/h1,4H2,2-3H3,(H2,8,9)(H,10,11,12);2H,1H2,(H2,4,5). The van der Waals surface area contributed by atoms with Gasteiger partial charge in [-0.1, -0.05) is 13.2 Å². The molecule has 0 radical (unpaired) electrons. The molecular weight excluding hydrogens is 260 g/mol. The Morgan fingerprint density at radius 3 is 1.83 bits per heavy atom. The molecule has 0 aliphatic heterocycles. The Hall–Kier alpha value is -1.67. The molecule has 0 aliphatic rings. The first kappa shape index (κ1) is 18.7. The minimum atomic E-state index is -4.20. The van der Waals surface area contributed by atoms with E-state index in [9.17, 15) is 18.0 Å².